The lowest BCUT2D eigenvalue weighted by molar-refractivity contribution is 0.0360. The Morgan fingerprint density at radius 1 is 0.860 bits per heavy atom. The SMILES string of the molecule is COCCn1ccc(Cc2ncc3c(n2)-c2c(cn(C)c2-c2ccc(-c4cnn(CCN5CCOCC5)c4)cc2)CC3)n1. The third-order valence-corrected chi connectivity index (χ3v) is 8.51. The van der Waals surface area contributed by atoms with Gasteiger partial charge in [-0.3, -0.25) is 14.3 Å². The zero-order valence-corrected chi connectivity index (χ0v) is 24.9. The van der Waals surface area contributed by atoms with Gasteiger partial charge in [0, 0.05) is 69.7 Å². The largest absolute Gasteiger partial charge is 0.383 e. The predicted molar refractivity (Wildman–Crippen MR) is 165 cm³/mol. The Balaban J connectivity index is 1.11. The lowest BCUT2D eigenvalue weighted by Crippen LogP contribution is -2.38. The minimum Gasteiger partial charge on any atom is -0.383 e. The average molecular weight is 579 g/mol. The normalized spacial score (nSPS) is 15.0. The smallest absolute Gasteiger partial charge is 0.134 e. The molecule has 4 aromatic heterocycles. The molecule has 1 aromatic carbocycles. The van der Waals surface area contributed by atoms with E-state index in [-0.39, 0.29) is 0 Å². The molecule has 1 aliphatic heterocycles. The van der Waals surface area contributed by atoms with Crippen molar-refractivity contribution in [3.63, 3.8) is 0 Å². The molecule has 10 nitrogen and oxygen atoms in total. The Bertz CT molecular complexity index is 1690. The van der Waals surface area contributed by atoms with Gasteiger partial charge in [-0.05, 0) is 41.2 Å². The first-order valence-corrected chi connectivity index (χ1v) is 15.1. The number of nitrogens with zero attached hydrogens (tertiary/aromatic N) is 8. The molecule has 5 aromatic rings. The summed E-state index contributed by atoms with van der Waals surface area (Å²) in [6, 6.07) is 10.9. The van der Waals surface area contributed by atoms with Crippen LogP contribution in [-0.2, 0) is 48.9 Å². The van der Waals surface area contributed by atoms with E-state index < -0.39 is 0 Å². The summed E-state index contributed by atoms with van der Waals surface area (Å²) in [7, 11) is 3.84. The van der Waals surface area contributed by atoms with E-state index in [4.69, 9.17) is 19.4 Å². The standard InChI is InChI=1S/C33H38N8O2/c1-38-22-27-8-7-26-20-34-30(19-29-9-10-40(37-29)15-16-42-2)36-32(26)31(27)33(38)25-5-3-24(4-6-25)28-21-35-41(23-28)12-11-39-13-17-43-18-14-39/h3-6,9-10,20-23H,7-8,11-19H2,1-2H3. The molecule has 0 bridgehead atoms. The number of fused-ring (bicyclic) bond motifs is 3. The number of morpholine rings is 1. The van der Waals surface area contributed by atoms with E-state index in [0.717, 1.165) is 81.6 Å². The highest BCUT2D eigenvalue weighted by molar-refractivity contribution is 5.86. The van der Waals surface area contributed by atoms with Gasteiger partial charge in [0.05, 0.1) is 62.6 Å². The van der Waals surface area contributed by atoms with E-state index >= 15 is 0 Å². The van der Waals surface area contributed by atoms with Gasteiger partial charge in [0.1, 0.15) is 5.82 Å². The second-order valence-corrected chi connectivity index (χ2v) is 11.4. The number of aryl methyl sites for hydroxylation is 3. The summed E-state index contributed by atoms with van der Waals surface area (Å²) in [4.78, 5) is 12.3. The van der Waals surface area contributed by atoms with Crippen LogP contribution in [0.3, 0.4) is 0 Å². The van der Waals surface area contributed by atoms with Crippen molar-refractivity contribution in [2.24, 2.45) is 7.05 Å². The molecule has 5 heterocycles. The highest BCUT2D eigenvalue weighted by Gasteiger charge is 2.26. The zero-order valence-electron chi connectivity index (χ0n) is 24.9. The maximum Gasteiger partial charge on any atom is 0.134 e. The molecule has 0 unspecified atom stereocenters. The molecule has 222 valence electrons. The number of hydrogen-bond donors (Lipinski definition) is 0. The Morgan fingerprint density at radius 2 is 1.67 bits per heavy atom. The minimum atomic E-state index is 0.597. The van der Waals surface area contributed by atoms with Crippen LogP contribution in [0.5, 0.6) is 0 Å². The van der Waals surface area contributed by atoms with Crippen molar-refractivity contribution in [3.8, 4) is 33.6 Å². The highest BCUT2D eigenvalue weighted by Crippen LogP contribution is 2.41. The van der Waals surface area contributed by atoms with E-state index in [1.807, 2.05) is 34.0 Å². The fourth-order valence-corrected chi connectivity index (χ4v) is 6.18. The fourth-order valence-electron chi connectivity index (χ4n) is 6.18. The van der Waals surface area contributed by atoms with Gasteiger partial charge in [-0.15, -0.1) is 0 Å². The zero-order chi connectivity index (χ0) is 29.2. The monoisotopic (exact) mass is 578 g/mol. The Morgan fingerprint density at radius 3 is 2.51 bits per heavy atom. The van der Waals surface area contributed by atoms with Crippen molar-refractivity contribution in [3.05, 3.63) is 84.0 Å². The minimum absolute atomic E-state index is 0.597. The number of benzene rings is 1. The fraction of sp³-hybridized carbons (Fsp3) is 0.394. The molecule has 0 radical (unpaired) electrons. The molecule has 0 amide bonds. The van der Waals surface area contributed by atoms with Gasteiger partial charge in [0.15, 0.2) is 0 Å². The molecule has 0 atom stereocenters. The van der Waals surface area contributed by atoms with Crippen molar-refractivity contribution in [2.45, 2.75) is 32.4 Å². The van der Waals surface area contributed by atoms with Gasteiger partial charge in [-0.1, -0.05) is 24.3 Å². The molecular formula is C33H38N8O2. The van der Waals surface area contributed by atoms with E-state index in [9.17, 15) is 0 Å². The molecule has 1 aliphatic carbocycles. The van der Waals surface area contributed by atoms with E-state index in [1.54, 1.807) is 7.11 Å². The van der Waals surface area contributed by atoms with Gasteiger partial charge < -0.3 is 14.0 Å². The maximum absolute atomic E-state index is 5.46. The Hall–Kier alpha value is -4.12. The van der Waals surface area contributed by atoms with Crippen molar-refractivity contribution >= 4 is 0 Å². The van der Waals surface area contributed by atoms with Crippen LogP contribution in [0.15, 0.2) is 61.3 Å². The lowest BCUT2D eigenvalue weighted by atomic mass is 9.89. The molecule has 2 aliphatic rings. The Labute approximate surface area is 251 Å². The van der Waals surface area contributed by atoms with Crippen LogP contribution >= 0.6 is 0 Å². The van der Waals surface area contributed by atoms with Crippen LogP contribution in [0.2, 0.25) is 0 Å². The third-order valence-electron chi connectivity index (χ3n) is 8.51. The molecule has 0 saturated carbocycles. The summed E-state index contributed by atoms with van der Waals surface area (Å²) < 4.78 is 16.8. The van der Waals surface area contributed by atoms with Crippen molar-refractivity contribution in [1.82, 2.24) is 39.0 Å². The van der Waals surface area contributed by atoms with Crippen LogP contribution < -0.4 is 0 Å². The van der Waals surface area contributed by atoms with Crippen LogP contribution in [0.1, 0.15) is 22.6 Å². The molecule has 10 heteroatoms. The number of aromatic nitrogens is 7. The molecule has 0 N–H and O–H groups in total. The molecular weight excluding hydrogens is 540 g/mol. The van der Waals surface area contributed by atoms with Crippen LogP contribution in [0, 0.1) is 0 Å². The Kier molecular flexibility index (Phi) is 7.88. The van der Waals surface area contributed by atoms with Gasteiger partial charge in [-0.2, -0.15) is 10.2 Å². The van der Waals surface area contributed by atoms with Gasteiger partial charge in [0.25, 0.3) is 0 Å². The first-order valence-electron chi connectivity index (χ1n) is 15.1. The van der Waals surface area contributed by atoms with E-state index in [2.05, 4.69) is 63.4 Å². The first-order chi connectivity index (χ1) is 21.1. The first kappa shape index (κ1) is 27.7. The van der Waals surface area contributed by atoms with Gasteiger partial charge in [-0.25, -0.2) is 9.97 Å². The summed E-state index contributed by atoms with van der Waals surface area (Å²) in [6.07, 6.45) is 12.9. The van der Waals surface area contributed by atoms with Gasteiger partial charge >= 0.3 is 0 Å². The molecule has 43 heavy (non-hydrogen) atoms. The van der Waals surface area contributed by atoms with E-state index in [1.165, 1.54) is 33.5 Å². The average Bonchev–Trinajstić information content (AvgIpc) is 3.78. The summed E-state index contributed by atoms with van der Waals surface area (Å²) >= 11 is 0. The van der Waals surface area contributed by atoms with Crippen LogP contribution in [0.4, 0.5) is 0 Å². The third kappa shape index (κ3) is 5.90. The number of ether oxygens (including phenoxy) is 2. The van der Waals surface area contributed by atoms with Crippen LogP contribution in [-0.4, -0.2) is 85.6 Å². The van der Waals surface area contributed by atoms with E-state index in [0.29, 0.717) is 13.0 Å². The van der Waals surface area contributed by atoms with Crippen molar-refractivity contribution in [1.29, 1.82) is 0 Å². The molecule has 1 fully saturated rings. The predicted octanol–water partition coefficient (Wildman–Crippen LogP) is 3.88. The summed E-state index contributed by atoms with van der Waals surface area (Å²) in [5.74, 6) is 0.791. The van der Waals surface area contributed by atoms with Crippen molar-refractivity contribution < 1.29 is 9.47 Å². The van der Waals surface area contributed by atoms with Crippen molar-refractivity contribution in [2.75, 3.05) is 46.6 Å². The number of rotatable bonds is 10. The summed E-state index contributed by atoms with van der Waals surface area (Å²) in [5, 5.41) is 9.30. The molecule has 0 spiro atoms. The second kappa shape index (κ2) is 12.2. The second-order valence-electron chi connectivity index (χ2n) is 11.4. The number of methoxy groups -OCH3 is 1. The van der Waals surface area contributed by atoms with Gasteiger partial charge in [0.2, 0.25) is 0 Å². The summed E-state index contributed by atoms with van der Waals surface area (Å²) in [6.45, 7) is 6.88. The highest BCUT2D eigenvalue weighted by atomic mass is 16.5. The lowest BCUT2D eigenvalue weighted by Gasteiger charge is -2.26. The quantitative estimate of drug-likeness (QED) is 0.249. The molecule has 1 saturated heterocycles. The van der Waals surface area contributed by atoms with Crippen LogP contribution in [0.25, 0.3) is 33.6 Å². The maximum atomic E-state index is 5.46. The summed E-state index contributed by atoms with van der Waals surface area (Å²) in [5.41, 5.74) is 10.4. The topological polar surface area (TPSA) is 88.0 Å². The molecule has 7 rings (SSSR count). The number of hydrogen-bond acceptors (Lipinski definition) is 7.